The summed E-state index contributed by atoms with van der Waals surface area (Å²) in [5.74, 6) is 0.827. The summed E-state index contributed by atoms with van der Waals surface area (Å²) in [7, 11) is 1.64. The molecule has 0 aliphatic heterocycles. The van der Waals surface area contributed by atoms with Gasteiger partial charge >= 0.3 is 6.03 Å². The molecule has 0 fully saturated rings. The van der Waals surface area contributed by atoms with Crippen LogP contribution in [0.1, 0.15) is 5.56 Å². The standard InChI is InChI=1S/C16H18N2O2S/c1-20-15-9-7-13(8-10-15)11-12-17-16(19)18(21)14-5-3-2-4-6-14/h2-10,21H,11-12H2,1H3,(H,17,19). The number of methoxy groups -OCH3 is 1. The van der Waals surface area contributed by atoms with E-state index in [1.54, 1.807) is 7.11 Å². The summed E-state index contributed by atoms with van der Waals surface area (Å²) >= 11 is 4.21. The third kappa shape index (κ3) is 4.43. The molecule has 0 aliphatic rings. The van der Waals surface area contributed by atoms with Crippen molar-refractivity contribution in [2.45, 2.75) is 6.42 Å². The zero-order valence-corrected chi connectivity index (χ0v) is 12.7. The van der Waals surface area contributed by atoms with Crippen molar-refractivity contribution in [3.63, 3.8) is 0 Å². The Bertz CT molecular complexity index is 573. The Morgan fingerprint density at radius 3 is 2.43 bits per heavy atom. The molecular formula is C16H18N2O2S. The van der Waals surface area contributed by atoms with Crippen molar-refractivity contribution in [1.29, 1.82) is 0 Å². The van der Waals surface area contributed by atoms with E-state index in [1.165, 1.54) is 4.31 Å². The zero-order valence-electron chi connectivity index (χ0n) is 11.8. The number of benzene rings is 2. The van der Waals surface area contributed by atoms with Gasteiger partial charge in [-0.1, -0.05) is 43.1 Å². The van der Waals surface area contributed by atoms with Gasteiger partial charge in [-0.05, 0) is 36.2 Å². The first-order valence-corrected chi connectivity index (χ1v) is 7.05. The largest absolute Gasteiger partial charge is 0.497 e. The Hall–Kier alpha value is -2.14. The molecule has 2 aromatic rings. The third-order valence-electron chi connectivity index (χ3n) is 3.04. The lowest BCUT2D eigenvalue weighted by molar-refractivity contribution is 0.250. The fraction of sp³-hybridized carbons (Fsp3) is 0.188. The number of thiol groups is 1. The van der Waals surface area contributed by atoms with E-state index >= 15 is 0 Å². The molecule has 4 nitrogen and oxygen atoms in total. The molecule has 110 valence electrons. The van der Waals surface area contributed by atoms with Crippen LogP contribution in [-0.2, 0) is 6.42 Å². The summed E-state index contributed by atoms with van der Waals surface area (Å²) in [6.07, 6.45) is 0.756. The van der Waals surface area contributed by atoms with Gasteiger partial charge in [0.05, 0.1) is 12.8 Å². The van der Waals surface area contributed by atoms with Crippen LogP contribution in [0.25, 0.3) is 0 Å². The van der Waals surface area contributed by atoms with Crippen molar-refractivity contribution in [3.05, 3.63) is 60.2 Å². The number of anilines is 1. The minimum atomic E-state index is -0.238. The van der Waals surface area contributed by atoms with Gasteiger partial charge in [0, 0.05) is 6.54 Å². The van der Waals surface area contributed by atoms with Crippen LogP contribution in [0.4, 0.5) is 10.5 Å². The monoisotopic (exact) mass is 302 g/mol. The van der Waals surface area contributed by atoms with Gasteiger partial charge in [0.25, 0.3) is 0 Å². The highest BCUT2D eigenvalue weighted by molar-refractivity contribution is 7.82. The summed E-state index contributed by atoms with van der Waals surface area (Å²) in [5.41, 5.74) is 1.88. The molecule has 0 atom stereocenters. The molecule has 0 bridgehead atoms. The van der Waals surface area contributed by atoms with E-state index in [0.29, 0.717) is 6.54 Å². The first kappa shape index (κ1) is 15.3. The number of nitrogens with zero attached hydrogens (tertiary/aromatic N) is 1. The number of ether oxygens (including phenoxy) is 1. The van der Waals surface area contributed by atoms with Gasteiger partial charge in [-0.3, -0.25) is 0 Å². The van der Waals surface area contributed by atoms with Crippen molar-refractivity contribution in [1.82, 2.24) is 5.32 Å². The van der Waals surface area contributed by atoms with Crippen LogP contribution in [0.2, 0.25) is 0 Å². The third-order valence-corrected chi connectivity index (χ3v) is 3.45. The van der Waals surface area contributed by atoms with Gasteiger partial charge in [-0.25, -0.2) is 9.10 Å². The molecule has 2 aromatic carbocycles. The van der Waals surface area contributed by atoms with Gasteiger partial charge in [0.1, 0.15) is 5.75 Å². The molecule has 2 rings (SSSR count). The Kier molecular flexibility index (Phi) is 5.51. The van der Waals surface area contributed by atoms with E-state index in [9.17, 15) is 4.79 Å². The van der Waals surface area contributed by atoms with Crippen molar-refractivity contribution in [2.75, 3.05) is 18.0 Å². The Morgan fingerprint density at radius 1 is 1.14 bits per heavy atom. The van der Waals surface area contributed by atoms with Crippen LogP contribution in [0.5, 0.6) is 5.75 Å². The molecule has 5 heteroatoms. The lowest BCUT2D eigenvalue weighted by atomic mass is 10.1. The summed E-state index contributed by atoms with van der Waals surface area (Å²) in [5, 5.41) is 2.84. The molecular weight excluding hydrogens is 284 g/mol. The van der Waals surface area contributed by atoms with E-state index < -0.39 is 0 Å². The quantitative estimate of drug-likeness (QED) is 0.832. The second kappa shape index (κ2) is 7.59. The second-order valence-electron chi connectivity index (χ2n) is 4.48. The number of hydrogen-bond donors (Lipinski definition) is 2. The molecule has 0 aliphatic carbocycles. The van der Waals surface area contributed by atoms with Gasteiger partial charge in [0.15, 0.2) is 0 Å². The second-order valence-corrected chi connectivity index (χ2v) is 4.88. The Labute approximate surface area is 130 Å². The Balaban J connectivity index is 1.81. The number of carbonyl (C=O) groups is 1. The van der Waals surface area contributed by atoms with E-state index in [-0.39, 0.29) is 6.03 Å². The molecule has 21 heavy (non-hydrogen) atoms. The minimum absolute atomic E-state index is 0.238. The lowest BCUT2D eigenvalue weighted by Crippen LogP contribution is -2.35. The minimum Gasteiger partial charge on any atom is -0.497 e. The summed E-state index contributed by atoms with van der Waals surface area (Å²) in [4.78, 5) is 12.0. The maximum Gasteiger partial charge on any atom is 0.331 e. The number of nitrogens with one attached hydrogen (secondary N) is 1. The average molecular weight is 302 g/mol. The molecule has 0 saturated heterocycles. The number of hydrogen-bond acceptors (Lipinski definition) is 3. The molecule has 0 spiro atoms. The first-order chi connectivity index (χ1) is 10.2. The topological polar surface area (TPSA) is 41.6 Å². The summed E-state index contributed by atoms with van der Waals surface area (Å²) in [6, 6.07) is 16.8. The van der Waals surface area contributed by atoms with E-state index in [2.05, 4.69) is 18.1 Å². The van der Waals surface area contributed by atoms with E-state index in [1.807, 2.05) is 54.6 Å². The fourth-order valence-corrected chi connectivity index (χ4v) is 2.07. The van der Waals surface area contributed by atoms with Crippen molar-refractivity contribution in [2.24, 2.45) is 0 Å². The molecule has 0 unspecified atom stereocenters. The Morgan fingerprint density at radius 2 is 1.81 bits per heavy atom. The molecule has 0 saturated carbocycles. The van der Waals surface area contributed by atoms with Crippen molar-refractivity contribution >= 4 is 24.5 Å². The molecule has 0 heterocycles. The van der Waals surface area contributed by atoms with Crippen LogP contribution >= 0.6 is 12.8 Å². The molecule has 1 N–H and O–H groups in total. The van der Waals surface area contributed by atoms with Crippen LogP contribution in [0.15, 0.2) is 54.6 Å². The highest BCUT2D eigenvalue weighted by Crippen LogP contribution is 2.15. The summed E-state index contributed by atoms with van der Waals surface area (Å²) in [6.45, 7) is 0.551. The fourth-order valence-electron chi connectivity index (χ4n) is 1.87. The van der Waals surface area contributed by atoms with Crippen LogP contribution in [-0.4, -0.2) is 19.7 Å². The first-order valence-electron chi connectivity index (χ1n) is 6.65. The number of amides is 2. The smallest absolute Gasteiger partial charge is 0.331 e. The van der Waals surface area contributed by atoms with Gasteiger partial charge < -0.3 is 10.1 Å². The number of para-hydroxylation sites is 1. The zero-order chi connectivity index (χ0) is 15.1. The van der Waals surface area contributed by atoms with Crippen LogP contribution < -0.4 is 14.4 Å². The van der Waals surface area contributed by atoms with Crippen LogP contribution in [0.3, 0.4) is 0 Å². The molecule has 0 radical (unpaired) electrons. The summed E-state index contributed by atoms with van der Waals surface area (Å²) < 4.78 is 6.41. The SMILES string of the molecule is COc1ccc(CCNC(=O)N(S)c2ccccc2)cc1. The van der Waals surface area contributed by atoms with Gasteiger partial charge in [-0.15, -0.1) is 0 Å². The number of rotatable bonds is 5. The molecule has 0 aromatic heterocycles. The van der Waals surface area contributed by atoms with E-state index in [0.717, 1.165) is 23.4 Å². The maximum atomic E-state index is 12.0. The van der Waals surface area contributed by atoms with E-state index in [4.69, 9.17) is 4.74 Å². The number of carbonyl (C=O) groups excluding carboxylic acids is 1. The van der Waals surface area contributed by atoms with Crippen molar-refractivity contribution < 1.29 is 9.53 Å². The van der Waals surface area contributed by atoms with Crippen molar-refractivity contribution in [3.8, 4) is 5.75 Å². The number of urea groups is 1. The highest BCUT2D eigenvalue weighted by atomic mass is 32.1. The average Bonchev–Trinajstić information content (AvgIpc) is 2.55. The lowest BCUT2D eigenvalue weighted by Gasteiger charge is -2.16. The molecule has 2 amide bonds. The highest BCUT2D eigenvalue weighted by Gasteiger charge is 2.10. The maximum absolute atomic E-state index is 12.0. The van der Waals surface area contributed by atoms with Gasteiger partial charge in [-0.2, -0.15) is 0 Å². The van der Waals surface area contributed by atoms with Gasteiger partial charge in [0.2, 0.25) is 0 Å². The normalized spacial score (nSPS) is 10.0. The predicted molar refractivity (Wildman–Crippen MR) is 88.0 cm³/mol. The van der Waals surface area contributed by atoms with Crippen LogP contribution in [0, 0.1) is 0 Å². The predicted octanol–water partition coefficient (Wildman–Crippen LogP) is 3.30.